The van der Waals surface area contributed by atoms with Gasteiger partial charge >= 0.3 is 0 Å². The zero-order chi connectivity index (χ0) is 11.0. The van der Waals surface area contributed by atoms with Crippen LogP contribution in [-0.2, 0) is 0 Å². The lowest BCUT2D eigenvalue weighted by Gasteiger charge is -2.07. The van der Waals surface area contributed by atoms with Crippen molar-refractivity contribution in [1.82, 2.24) is 15.1 Å². The molecule has 2 unspecified atom stereocenters. The fourth-order valence-electron chi connectivity index (χ4n) is 1.79. The van der Waals surface area contributed by atoms with Crippen molar-refractivity contribution in [2.24, 2.45) is 5.73 Å². The number of nitrogens with two attached hydrogens (primary N) is 1. The number of aromatic nitrogens is 3. The molecule has 1 saturated heterocycles. The Bertz CT molecular complexity index is 467. The molecule has 0 aliphatic carbocycles. The first kappa shape index (κ1) is 9.92. The van der Waals surface area contributed by atoms with E-state index >= 15 is 0 Å². The second-order valence-corrected chi connectivity index (χ2v) is 4.92. The van der Waals surface area contributed by atoms with Crippen molar-refractivity contribution in [3.05, 3.63) is 24.2 Å². The molecule has 0 bridgehead atoms. The maximum atomic E-state index is 5.98. The summed E-state index contributed by atoms with van der Waals surface area (Å²) in [5.74, 6) is 3.38. The Labute approximate surface area is 96.8 Å². The minimum atomic E-state index is 0.127. The van der Waals surface area contributed by atoms with Gasteiger partial charge in [-0.3, -0.25) is 0 Å². The highest BCUT2D eigenvalue weighted by atomic mass is 32.2. The van der Waals surface area contributed by atoms with Crippen LogP contribution >= 0.6 is 11.8 Å². The van der Waals surface area contributed by atoms with Gasteiger partial charge in [-0.1, -0.05) is 5.16 Å². The summed E-state index contributed by atoms with van der Waals surface area (Å²) >= 11 is 1.83. The van der Waals surface area contributed by atoms with Crippen molar-refractivity contribution in [3.63, 3.8) is 0 Å². The quantitative estimate of drug-likeness (QED) is 0.819. The van der Waals surface area contributed by atoms with E-state index in [4.69, 9.17) is 10.3 Å². The van der Waals surface area contributed by atoms with Gasteiger partial charge in [-0.2, -0.15) is 16.7 Å². The molecule has 3 rings (SSSR count). The van der Waals surface area contributed by atoms with Crippen LogP contribution in [0.5, 0.6) is 0 Å². The molecular weight excluding hydrogens is 224 g/mol. The van der Waals surface area contributed by atoms with Crippen molar-refractivity contribution in [1.29, 1.82) is 0 Å². The van der Waals surface area contributed by atoms with Crippen LogP contribution in [-0.4, -0.2) is 32.7 Å². The van der Waals surface area contributed by atoms with Gasteiger partial charge in [0.1, 0.15) is 0 Å². The fourth-order valence-corrected chi connectivity index (χ4v) is 3.07. The summed E-state index contributed by atoms with van der Waals surface area (Å²) in [6, 6.07) is 3.95. The molecule has 0 radical (unpaired) electrons. The van der Waals surface area contributed by atoms with Crippen molar-refractivity contribution >= 4 is 11.8 Å². The van der Waals surface area contributed by atoms with Crippen molar-refractivity contribution < 1.29 is 4.52 Å². The fraction of sp³-hybridized carbons (Fsp3) is 0.400. The van der Waals surface area contributed by atoms with E-state index in [1.807, 2.05) is 30.1 Å². The standard InChI is InChI=1S/C10H12N4OS/c11-7-5-16-4-6(7)10-13-9(14-15-10)8-2-1-3-12-8/h1-3,6-7,12H,4-5,11H2. The number of nitrogens with zero attached hydrogens (tertiary/aromatic N) is 2. The van der Waals surface area contributed by atoms with Gasteiger partial charge in [-0.05, 0) is 12.1 Å². The number of rotatable bonds is 2. The Morgan fingerprint density at radius 2 is 2.44 bits per heavy atom. The van der Waals surface area contributed by atoms with E-state index in [0.717, 1.165) is 17.2 Å². The number of thioether (sulfide) groups is 1. The smallest absolute Gasteiger partial charge is 0.232 e. The zero-order valence-electron chi connectivity index (χ0n) is 8.59. The van der Waals surface area contributed by atoms with Crippen LogP contribution in [0.4, 0.5) is 0 Å². The number of nitrogens with one attached hydrogen (secondary N) is 1. The maximum Gasteiger partial charge on any atom is 0.232 e. The van der Waals surface area contributed by atoms with E-state index in [2.05, 4.69) is 15.1 Å². The molecule has 6 heteroatoms. The minimum absolute atomic E-state index is 0.127. The summed E-state index contributed by atoms with van der Waals surface area (Å²) in [4.78, 5) is 7.43. The van der Waals surface area contributed by atoms with E-state index in [-0.39, 0.29) is 12.0 Å². The summed E-state index contributed by atoms with van der Waals surface area (Å²) in [7, 11) is 0. The monoisotopic (exact) mass is 236 g/mol. The van der Waals surface area contributed by atoms with Gasteiger partial charge in [0.15, 0.2) is 0 Å². The highest BCUT2D eigenvalue weighted by molar-refractivity contribution is 7.99. The molecule has 2 aromatic heterocycles. The van der Waals surface area contributed by atoms with E-state index in [1.54, 1.807) is 0 Å². The highest BCUT2D eigenvalue weighted by Gasteiger charge is 2.31. The first-order valence-corrected chi connectivity index (χ1v) is 6.31. The zero-order valence-corrected chi connectivity index (χ0v) is 9.41. The molecule has 0 amide bonds. The second kappa shape index (κ2) is 3.95. The lowest BCUT2D eigenvalue weighted by Crippen LogP contribution is -2.26. The van der Waals surface area contributed by atoms with Gasteiger partial charge < -0.3 is 15.2 Å². The summed E-state index contributed by atoms with van der Waals surface area (Å²) in [5, 5.41) is 3.96. The van der Waals surface area contributed by atoms with Gasteiger partial charge in [0.05, 0.1) is 11.6 Å². The van der Waals surface area contributed by atoms with Gasteiger partial charge in [-0.15, -0.1) is 0 Å². The summed E-state index contributed by atoms with van der Waals surface area (Å²) in [6.07, 6.45) is 1.84. The molecule has 0 saturated carbocycles. The lowest BCUT2D eigenvalue weighted by atomic mass is 10.1. The van der Waals surface area contributed by atoms with Crippen LogP contribution in [0.1, 0.15) is 11.8 Å². The third kappa shape index (κ3) is 1.64. The van der Waals surface area contributed by atoms with Gasteiger partial charge in [0.25, 0.3) is 0 Å². The Morgan fingerprint density at radius 1 is 1.50 bits per heavy atom. The normalized spacial score (nSPS) is 25.1. The molecule has 2 aromatic rings. The van der Waals surface area contributed by atoms with E-state index < -0.39 is 0 Å². The lowest BCUT2D eigenvalue weighted by molar-refractivity contribution is 0.352. The van der Waals surface area contributed by atoms with Crippen LogP contribution < -0.4 is 5.73 Å². The van der Waals surface area contributed by atoms with E-state index in [1.165, 1.54) is 0 Å². The molecule has 2 atom stereocenters. The predicted octanol–water partition coefficient (Wildman–Crippen LogP) is 1.22. The third-order valence-corrected chi connectivity index (χ3v) is 3.94. The second-order valence-electron chi connectivity index (χ2n) is 3.85. The number of H-pyrrole nitrogens is 1. The van der Waals surface area contributed by atoms with Crippen molar-refractivity contribution in [2.45, 2.75) is 12.0 Å². The SMILES string of the molecule is NC1CSCC1c1nc(-c2ccc[nH]2)no1. The molecule has 1 aliphatic heterocycles. The number of hydrogen-bond acceptors (Lipinski definition) is 5. The topological polar surface area (TPSA) is 80.7 Å². The van der Waals surface area contributed by atoms with Crippen molar-refractivity contribution in [3.8, 4) is 11.5 Å². The molecule has 84 valence electrons. The minimum Gasteiger partial charge on any atom is -0.359 e. The first-order valence-electron chi connectivity index (χ1n) is 5.15. The van der Waals surface area contributed by atoms with Gasteiger partial charge in [0, 0.05) is 23.7 Å². The van der Waals surface area contributed by atoms with Crippen LogP contribution in [0, 0.1) is 0 Å². The molecule has 3 N–H and O–H groups in total. The summed E-state index contributed by atoms with van der Waals surface area (Å²) in [6.45, 7) is 0. The molecule has 5 nitrogen and oxygen atoms in total. The average molecular weight is 236 g/mol. The number of hydrogen-bond donors (Lipinski definition) is 2. The van der Waals surface area contributed by atoms with Crippen LogP contribution in [0.2, 0.25) is 0 Å². The predicted molar refractivity (Wildman–Crippen MR) is 62.1 cm³/mol. The average Bonchev–Trinajstić information content (AvgIpc) is 2.96. The largest absolute Gasteiger partial charge is 0.359 e. The molecule has 3 heterocycles. The maximum absolute atomic E-state index is 5.98. The Balaban J connectivity index is 1.88. The Hall–Kier alpha value is -1.27. The molecule has 1 fully saturated rings. The molecule has 0 aromatic carbocycles. The first-order chi connectivity index (χ1) is 7.84. The summed E-state index contributed by atoms with van der Waals surface area (Å²) < 4.78 is 5.27. The molecular formula is C10H12N4OS. The molecule has 0 spiro atoms. The Kier molecular flexibility index (Phi) is 2.45. The van der Waals surface area contributed by atoms with E-state index in [0.29, 0.717) is 11.7 Å². The van der Waals surface area contributed by atoms with Gasteiger partial charge in [0.2, 0.25) is 11.7 Å². The van der Waals surface area contributed by atoms with Gasteiger partial charge in [-0.25, -0.2) is 0 Å². The Morgan fingerprint density at radius 3 is 3.12 bits per heavy atom. The highest BCUT2D eigenvalue weighted by Crippen LogP contribution is 2.31. The van der Waals surface area contributed by atoms with Crippen LogP contribution in [0.15, 0.2) is 22.9 Å². The molecule has 1 aliphatic rings. The number of aromatic amines is 1. The van der Waals surface area contributed by atoms with E-state index in [9.17, 15) is 0 Å². The molecule has 16 heavy (non-hydrogen) atoms. The van der Waals surface area contributed by atoms with Crippen LogP contribution in [0.3, 0.4) is 0 Å². The summed E-state index contributed by atoms with van der Waals surface area (Å²) in [5.41, 5.74) is 6.85. The van der Waals surface area contributed by atoms with Crippen LogP contribution in [0.25, 0.3) is 11.5 Å². The van der Waals surface area contributed by atoms with Crippen molar-refractivity contribution in [2.75, 3.05) is 11.5 Å². The third-order valence-electron chi connectivity index (χ3n) is 2.72.